The predicted octanol–water partition coefficient (Wildman–Crippen LogP) is 5.63. The molecule has 26 heavy (non-hydrogen) atoms. The number of rotatable bonds is 7. The lowest BCUT2D eigenvalue weighted by Gasteiger charge is -2.16. The van der Waals surface area contributed by atoms with Crippen LogP contribution < -0.4 is 10.1 Å². The number of hydrogen-bond acceptors (Lipinski definition) is 5. The fourth-order valence-corrected chi connectivity index (χ4v) is 3.14. The SMILES string of the molecule is CC(CC(=O)O)Nc1cc(Cl)c(Oc2cc(C(C)C)c(Cl)nn2)c(Cl)c1. The van der Waals surface area contributed by atoms with Crippen LogP contribution in [0.1, 0.15) is 38.7 Å². The van der Waals surface area contributed by atoms with Gasteiger partial charge in [0.1, 0.15) is 0 Å². The van der Waals surface area contributed by atoms with Gasteiger partial charge < -0.3 is 15.2 Å². The molecule has 0 aliphatic heterocycles. The summed E-state index contributed by atoms with van der Waals surface area (Å²) in [5.74, 6) is -0.295. The number of benzene rings is 1. The highest BCUT2D eigenvalue weighted by molar-refractivity contribution is 6.37. The lowest BCUT2D eigenvalue weighted by Crippen LogP contribution is -2.19. The molecule has 9 heteroatoms. The van der Waals surface area contributed by atoms with Crippen molar-refractivity contribution in [1.82, 2.24) is 10.2 Å². The summed E-state index contributed by atoms with van der Waals surface area (Å²) in [6.07, 6.45) is -0.0359. The van der Waals surface area contributed by atoms with E-state index in [1.165, 1.54) is 0 Å². The van der Waals surface area contributed by atoms with Crippen LogP contribution in [-0.4, -0.2) is 27.3 Å². The van der Waals surface area contributed by atoms with E-state index in [1.807, 2.05) is 13.8 Å². The van der Waals surface area contributed by atoms with Crippen molar-refractivity contribution >= 4 is 46.5 Å². The first kappa shape index (κ1) is 20.6. The van der Waals surface area contributed by atoms with E-state index in [4.69, 9.17) is 44.6 Å². The van der Waals surface area contributed by atoms with Crippen LogP contribution in [0.3, 0.4) is 0 Å². The van der Waals surface area contributed by atoms with Crippen LogP contribution in [0.15, 0.2) is 18.2 Å². The molecular formula is C17H18Cl3N3O3. The van der Waals surface area contributed by atoms with Crippen molar-refractivity contribution in [1.29, 1.82) is 0 Å². The number of aliphatic carboxylic acids is 1. The Labute approximate surface area is 166 Å². The van der Waals surface area contributed by atoms with E-state index in [9.17, 15) is 4.79 Å². The van der Waals surface area contributed by atoms with Gasteiger partial charge in [-0.25, -0.2) is 0 Å². The molecule has 1 aromatic carbocycles. The Morgan fingerprint density at radius 1 is 1.15 bits per heavy atom. The minimum absolute atomic E-state index is 0.0359. The van der Waals surface area contributed by atoms with E-state index in [-0.39, 0.29) is 40.1 Å². The fourth-order valence-electron chi connectivity index (χ4n) is 2.27. The lowest BCUT2D eigenvalue weighted by atomic mass is 10.1. The monoisotopic (exact) mass is 417 g/mol. The molecule has 1 heterocycles. The van der Waals surface area contributed by atoms with Crippen LogP contribution in [0.5, 0.6) is 11.6 Å². The Bertz CT molecular complexity index is 792. The first-order valence-corrected chi connectivity index (χ1v) is 8.99. The minimum atomic E-state index is -0.899. The van der Waals surface area contributed by atoms with Gasteiger partial charge in [0.2, 0.25) is 5.88 Å². The van der Waals surface area contributed by atoms with Crippen molar-refractivity contribution < 1.29 is 14.6 Å². The van der Waals surface area contributed by atoms with Gasteiger partial charge in [0.25, 0.3) is 0 Å². The van der Waals surface area contributed by atoms with Gasteiger partial charge in [-0.3, -0.25) is 4.79 Å². The third kappa shape index (κ3) is 5.37. The van der Waals surface area contributed by atoms with Crippen LogP contribution in [0.2, 0.25) is 15.2 Å². The lowest BCUT2D eigenvalue weighted by molar-refractivity contribution is -0.137. The normalized spacial score (nSPS) is 12.1. The molecule has 1 aromatic heterocycles. The number of nitrogens with one attached hydrogen (secondary N) is 1. The highest BCUT2D eigenvalue weighted by Crippen LogP contribution is 2.39. The van der Waals surface area contributed by atoms with Crippen LogP contribution in [0.4, 0.5) is 5.69 Å². The zero-order valence-electron chi connectivity index (χ0n) is 14.4. The predicted molar refractivity (Wildman–Crippen MR) is 103 cm³/mol. The van der Waals surface area contributed by atoms with E-state index in [2.05, 4.69) is 15.5 Å². The molecule has 0 bridgehead atoms. The number of nitrogens with zero attached hydrogens (tertiary/aromatic N) is 2. The largest absolute Gasteiger partial charge is 0.481 e. The molecule has 2 rings (SSSR count). The molecule has 0 aliphatic carbocycles. The number of halogens is 3. The summed E-state index contributed by atoms with van der Waals surface area (Å²) < 4.78 is 5.69. The van der Waals surface area contributed by atoms with Gasteiger partial charge in [0, 0.05) is 17.8 Å². The Balaban J connectivity index is 2.23. The van der Waals surface area contributed by atoms with Crippen molar-refractivity contribution in [2.45, 2.75) is 39.2 Å². The maximum absolute atomic E-state index is 10.8. The van der Waals surface area contributed by atoms with Crippen LogP contribution in [0, 0.1) is 0 Å². The summed E-state index contributed by atoms with van der Waals surface area (Å²) in [5.41, 5.74) is 1.39. The van der Waals surface area contributed by atoms with E-state index in [0.717, 1.165) is 5.56 Å². The number of aromatic nitrogens is 2. The third-order valence-electron chi connectivity index (χ3n) is 3.47. The highest BCUT2D eigenvalue weighted by Gasteiger charge is 2.16. The molecule has 140 valence electrons. The highest BCUT2D eigenvalue weighted by atomic mass is 35.5. The molecule has 1 atom stereocenters. The Kier molecular flexibility index (Phi) is 6.92. The summed E-state index contributed by atoms with van der Waals surface area (Å²) in [6, 6.07) is 4.61. The standard InChI is InChI=1S/C17H18Cl3N3O3/c1-8(2)11-7-14(22-23-17(11)20)26-16-12(18)5-10(6-13(16)19)21-9(3)4-15(24)25/h5-9,21H,4H2,1-3H3,(H,24,25). The second-order valence-corrected chi connectivity index (χ2v) is 7.27. The average Bonchev–Trinajstić information content (AvgIpc) is 2.51. The summed E-state index contributed by atoms with van der Waals surface area (Å²) >= 11 is 18.6. The van der Waals surface area contributed by atoms with E-state index < -0.39 is 5.97 Å². The molecule has 0 saturated heterocycles. The van der Waals surface area contributed by atoms with Gasteiger partial charge in [-0.15, -0.1) is 10.2 Å². The van der Waals surface area contributed by atoms with Gasteiger partial charge in [-0.2, -0.15) is 0 Å². The van der Waals surface area contributed by atoms with Gasteiger partial charge in [-0.05, 0) is 30.5 Å². The van der Waals surface area contributed by atoms with Crippen molar-refractivity contribution in [2.75, 3.05) is 5.32 Å². The third-order valence-corrected chi connectivity index (χ3v) is 4.33. The van der Waals surface area contributed by atoms with Crippen molar-refractivity contribution in [3.05, 3.63) is 39.0 Å². The zero-order valence-corrected chi connectivity index (χ0v) is 16.7. The maximum Gasteiger partial charge on any atom is 0.305 e. The quantitative estimate of drug-likeness (QED) is 0.606. The first-order valence-electron chi connectivity index (χ1n) is 7.85. The van der Waals surface area contributed by atoms with Gasteiger partial charge >= 0.3 is 5.97 Å². The molecule has 2 N–H and O–H groups in total. The number of ether oxygens (including phenoxy) is 1. The molecule has 1 unspecified atom stereocenters. The molecule has 6 nitrogen and oxygen atoms in total. The summed E-state index contributed by atoms with van der Waals surface area (Å²) in [4.78, 5) is 10.8. The summed E-state index contributed by atoms with van der Waals surface area (Å²) in [7, 11) is 0. The molecule has 2 aromatic rings. The smallest absolute Gasteiger partial charge is 0.305 e. The van der Waals surface area contributed by atoms with Gasteiger partial charge in [-0.1, -0.05) is 48.7 Å². The van der Waals surface area contributed by atoms with Crippen LogP contribution in [-0.2, 0) is 4.79 Å². The van der Waals surface area contributed by atoms with Crippen LogP contribution >= 0.6 is 34.8 Å². The number of carbonyl (C=O) groups is 1. The topological polar surface area (TPSA) is 84.3 Å². The van der Waals surface area contributed by atoms with Crippen molar-refractivity contribution in [2.24, 2.45) is 0 Å². The second kappa shape index (κ2) is 8.75. The van der Waals surface area contributed by atoms with Crippen molar-refractivity contribution in [3.8, 4) is 11.6 Å². The fraction of sp³-hybridized carbons (Fsp3) is 0.353. The molecular weight excluding hydrogens is 401 g/mol. The Morgan fingerprint density at radius 3 is 2.31 bits per heavy atom. The number of anilines is 1. The molecule has 0 aliphatic rings. The van der Waals surface area contributed by atoms with Crippen molar-refractivity contribution in [3.63, 3.8) is 0 Å². The Morgan fingerprint density at radius 2 is 1.77 bits per heavy atom. The molecule has 0 amide bonds. The van der Waals surface area contributed by atoms with Crippen LogP contribution in [0.25, 0.3) is 0 Å². The average molecular weight is 419 g/mol. The van der Waals surface area contributed by atoms with E-state index >= 15 is 0 Å². The number of hydrogen-bond donors (Lipinski definition) is 2. The van der Waals surface area contributed by atoms with E-state index in [0.29, 0.717) is 10.8 Å². The number of carboxylic acid groups (broad SMARTS) is 1. The summed E-state index contributed by atoms with van der Waals surface area (Å²) in [5, 5.41) is 20.5. The molecule has 0 spiro atoms. The van der Waals surface area contributed by atoms with Gasteiger partial charge in [0.15, 0.2) is 10.9 Å². The zero-order chi connectivity index (χ0) is 19.4. The second-order valence-electron chi connectivity index (χ2n) is 6.10. The van der Waals surface area contributed by atoms with E-state index in [1.54, 1.807) is 25.1 Å². The summed E-state index contributed by atoms with van der Waals surface area (Å²) in [6.45, 7) is 5.70. The first-order chi connectivity index (χ1) is 12.2. The molecule has 0 radical (unpaired) electrons. The Hall–Kier alpha value is -1.76. The maximum atomic E-state index is 10.8. The minimum Gasteiger partial charge on any atom is -0.481 e. The molecule has 0 fully saturated rings. The molecule has 0 saturated carbocycles. The van der Waals surface area contributed by atoms with Gasteiger partial charge in [0.05, 0.1) is 16.5 Å². The number of carboxylic acids is 1.